The van der Waals surface area contributed by atoms with Gasteiger partial charge in [0.1, 0.15) is 0 Å². The molecule has 10 aromatic carbocycles. The number of aromatic nitrogens is 4. The molecule has 0 spiro atoms. The minimum absolute atomic E-state index is 0.960. The number of benzene rings is 10. The van der Waals surface area contributed by atoms with Gasteiger partial charge in [-0.2, -0.15) is 0 Å². The number of fused-ring (bicyclic) bond motifs is 14. The van der Waals surface area contributed by atoms with Gasteiger partial charge in [-0.3, -0.25) is 0 Å². The molecule has 5 heterocycles. The molecule has 0 bridgehead atoms. The fraction of sp³-hybridized carbons (Fsp3) is 0.0299. The van der Waals surface area contributed by atoms with Crippen LogP contribution in [0.3, 0.4) is 0 Å². The van der Waals surface area contributed by atoms with Gasteiger partial charge in [-0.25, -0.2) is 0 Å². The van der Waals surface area contributed by atoms with Crippen LogP contribution in [0.25, 0.3) is 116 Å². The summed E-state index contributed by atoms with van der Waals surface area (Å²) in [4.78, 5) is 5.28. The van der Waals surface area contributed by atoms with E-state index >= 15 is 0 Å². The molecule has 0 N–H and O–H groups in total. The van der Waals surface area contributed by atoms with E-state index in [0.717, 1.165) is 40.3 Å². The van der Waals surface area contributed by atoms with E-state index in [1.165, 1.54) is 92.2 Å². The molecular weight excluding hydrogens is 988 g/mol. The normalized spacial score (nSPS) is 12.8. The summed E-state index contributed by atoms with van der Waals surface area (Å²) in [7, 11) is 0. The number of rotatable bonds is 8. The van der Waals surface area contributed by atoms with Gasteiger partial charge >= 0.3 is 272 Å². The van der Waals surface area contributed by atoms with E-state index in [-0.39, 0.29) is 0 Å². The van der Waals surface area contributed by atoms with Crippen LogP contribution in [-0.2, 0) is 6.42 Å². The number of aryl methyl sites for hydroxylation is 1. The van der Waals surface area contributed by atoms with Gasteiger partial charge in [0.25, 0.3) is 0 Å². The maximum absolute atomic E-state index is 5.28. The van der Waals surface area contributed by atoms with Crippen LogP contribution in [-0.4, -0.2) is 23.1 Å². The van der Waals surface area contributed by atoms with Crippen molar-refractivity contribution in [3.05, 3.63) is 261 Å². The van der Waals surface area contributed by atoms with Gasteiger partial charge in [-0.05, 0) is 24.3 Å². The summed E-state index contributed by atoms with van der Waals surface area (Å²) in [5.74, 6) is 0. The standard InChI is InChI=1S/C67H45IN4/c1-3-16-47(17-4-1)70-61-27-12-8-21-51(61)55-39-38-54-50-20-7-11-24-58(50)68(64(54)65(55)70)43-42-44-30-32-45(33-31-44)59-25-15-26-60(69-59)46-34-36-49(37-35-46)72-63-29-14-10-23-53(63)57-41-40-56-52-22-9-13-28-62(52)71(66(56)67(57)72)48-18-5-2-6-19-48/h1-41H,42-43H2. The number of halogens is 1. The third-order valence-electron chi connectivity index (χ3n) is 14.9. The van der Waals surface area contributed by atoms with Crippen LogP contribution < -0.4 is 0 Å². The Kier molecular flexibility index (Phi) is 9.48. The molecule has 0 radical (unpaired) electrons. The summed E-state index contributed by atoms with van der Waals surface area (Å²) >= 11 is -1.88. The maximum atomic E-state index is 5.28. The Bertz CT molecular complexity index is 4430. The van der Waals surface area contributed by atoms with Crippen molar-refractivity contribution in [2.75, 3.05) is 4.43 Å². The fourth-order valence-corrected chi connectivity index (χ4v) is 18.7. The van der Waals surface area contributed by atoms with Crippen molar-refractivity contribution in [2.24, 2.45) is 0 Å². The zero-order valence-corrected chi connectivity index (χ0v) is 41.4. The fourth-order valence-electron chi connectivity index (χ4n) is 11.7. The van der Waals surface area contributed by atoms with Gasteiger partial charge in [-0.1, -0.05) is 66.7 Å². The van der Waals surface area contributed by atoms with Crippen molar-refractivity contribution in [2.45, 2.75) is 6.42 Å². The summed E-state index contributed by atoms with van der Waals surface area (Å²) in [6.45, 7) is 0. The van der Waals surface area contributed by atoms with Crippen LogP contribution >= 0.6 is 19.8 Å². The molecule has 14 aromatic rings. The molecule has 15 rings (SSSR count). The second-order valence-corrected chi connectivity index (χ2v) is 24.2. The van der Waals surface area contributed by atoms with Crippen molar-refractivity contribution in [3.8, 4) is 50.7 Å². The summed E-state index contributed by atoms with van der Waals surface area (Å²) in [6, 6.07) is 91.5. The molecule has 340 valence electrons. The van der Waals surface area contributed by atoms with E-state index in [0.29, 0.717) is 0 Å². The Morgan fingerprint density at radius 3 is 1.33 bits per heavy atom. The second-order valence-electron chi connectivity index (χ2n) is 18.8. The van der Waals surface area contributed by atoms with E-state index < -0.39 is 19.8 Å². The monoisotopic (exact) mass is 1030 g/mol. The second kappa shape index (κ2) is 16.5. The summed E-state index contributed by atoms with van der Waals surface area (Å²) in [5.41, 5.74) is 19.3. The van der Waals surface area contributed by atoms with E-state index in [1.807, 2.05) is 0 Å². The third kappa shape index (κ3) is 6.33. The average Bonchev–Trinajstić information content (AvgIpc) is 4.18. The first kappa shape index (κ1) is 41.3. The predicted octanol–water partition coefficient (Wildman–Crippen LogP) is 17.5. The van der Waals surface area contributed by atoms with Gasteiger partial charge in [0, 0.05) is 32.9 Å². The summed E-state index contributed by atoms with van der Waals surface area (Å²) in [6.07, 6.45) is 1.03. The summed E-state index contributed by atoms with van der Waals surface area (Å²) in [5, 5.41) is 7.65. The number of pyridine rings is 1. The molecule has 72 heavy (non-hydrogen) atoms. The molecule has 0 fully saturated rings. The van der Waals surface area contributed by atoms with Gasteiger partial charge in [0.05, 0.1) is 22.1 Å². The van der Waals surface area contributed by atoms with Crippen molar-refractivity contribution in [3.63, 3.8) is 0 Å². The van der Waals surface area contributed by atoms with Crippen LogP contribution in [0.2, 0.25) is 0 Å². The van der Waals surface area contributed by atoms with Gasteiger partial charge in [0.2, 0.25) is 0 Å². The van der Waals surface area contributed by atoms with E-state index in [2.05, 4.69) is 262 Å². The van der Waals surface area contributed by atoms with E-state index in [4.69, 9.17) is 4.98 Å². The number of nitrogens with zero attached hydrogens (tertiary/aromatic N) is 4. The molecule has 0 aliphatic carbocycles. The first-order valence-corrected chi connectivity index (χ1v) is 28.5. The topological polar surface area (TPSA) is 27.7 Å². The molecular formula is C67H45IN4. The minimum atomic E-state index is -1.88. The van der Waals surface area contributed by atoms with Crippen molar-refractivity contribution in [1.29, 1.82) is 0 Å². The molecule has 4 aromatic heterocycles. The number of alkyl halides is 1. The van der Waals surface area contributed by atoms with Crippen LogP contribution in [0.4, 0.5) is 0 Å². The molecule has 1 aliphatic rings. The Hall–Kier alpha value is -8.52. The zero-order chi connectivity index (χ0) is 47.3. The average molecular weight is 1030 g/mol. The van der Waals surface area contributed by atoms with E-state index in [1.54, 1.807) is 7.14 Å². The van der Waals surface area contributed by atoms with Crippen molar-refractivity contribution in [1.82, 2.24) is 18.7 Å². The van der Waals surface area contributed by atoms with Crippen LogP contribution in [0, 0.1) is 7.14 Å². The number of hydrogen-bond acceptors (Lipinski definition) is 1. The first-order valence-electron chi connectivity index (χ1n) is 24.8. The Morgan fingerprint density at radius 1 is 0.319 bits per heavy atom. The molecule has 0 atom stereocenters. The van der Waals surface area contributed by atoms with Crippen LogP contribution in [0.5, 0.6) is 0 Å². The third-order valence-corrected chi connectivity index (χ3v) is 21.3. The van der Waals surface area contributed by atoms with Crippen molar-refractivity contribution < 1.29 is 0 Å². The zero-order valence-electron chi connectivity index (χ0n) is 39.3. The predicted molar refractivity (Wildman–Crippen MR) is 310 cm³/mol. The Morgan fingerprint density at radius 2 is 0.764 bits per heavy atom. The molecule has 0 saturated heterocycles. The Balaban J connectivity index is 0.754. The molecule has 0 saturated carbocycles. The van der Waals surface area contributed by atoms with Crippen molar-refractivity contribution >= 4 is 85.2 Å². The first-order chi connectivity index (χ1) is 35.7. The quantitative estimate of drug-likeness (QED) is 0.110. The van der Waals surface area contributed by atoms with Gasteiger partial charge in [-0.15, -0.1) is 0 Å². The Labute approximate surface area is 424 Å². The van der Waals surface area contributed by atoms with Gasteiger partial charge < -0.3 is 9.13 Å². The van der Waals surface area contributed by atoms with E-state index in [9.17, 15) is 0 Å². The molecule has 0 amide bonds. The van der Waals surface area contributed by atoms with Crippen LogP contribution in [0.15, 0.2) is 249 Å². The molecule has 4 nitrogen and oxygen atoms in total. The molecule has 0 unspecified atom stereocenters. The summed E-state index contributed by atoms with van der Waals surface area (Å²) < 4.78 is 11.8. The SMILES string of the molecule is c1ccc(-n2c3ccccc3c3ccc4c(c32)I(CCc2ccc(-c3cccc(-c5ccc(-n6c7ccccc7c7ccc8c9ccccc9n(-c9ccccc9)c8c76)cc5)n3)cc2)c2ccccc2-4)cc1. The molecule has 5 heteroatoms. The molecule has 1 aliphatic heterocycles. The number of para-hydroxylation sites is 5. The van der Waals surface area contributed by atoms with Gasteiger partial charge in [0.15, 0.2) is 0 Å². The van der Waals surface area contributed by atoms with Crippen LogP contribution in [0.1, 0.15) is 5.56 Å². The number of hydrogen-bond donors (Lipinski definition) is 0.